The number of carbonyl (C=O) groups excluding carboxylic acids is 1. The van der Waals surface area contributed by atoms with E-state index in [0.717, 1.165) is 16.9 Å². The van der Waals surface area contributed by atoms with Crippen molar-refractivity contribution in [2.45, 2.75) is 6.92 Å². The van der Waals surface area contributed by atoms with Crippen molar-refractivity contribution in [2.75, 3.05) is 58.5 Å². The zero-order valence-corrected chi connectivity index (χ0v) is 21.8. The lowest BCUT2D eigenvalue weighted by Gasteiger charge is -2.35. The molecule has 0 spiro atoms. The summed E-state index contributed by atoms with van der Waals surface area (Å²) in [6.45, 7) is 4.85. The van der Waals surface area contributed by atoms with Gasteiger partial charge in [0.1, 0.15) is 23.9 Å². The van der Waals surface area contributed by atoms with Crippen molar-refractivity contribution in [3.8, 4) is 22.6 Å². The smallest absolute Gasteiger partial charge is 0.270 e. The number of anilines is 1. The number of nitrogens with zero attached hydrogens (tertiary/aromatic N) is 3. The Kier molecular flexibility index (Phi) is 7.46. The van der Waals surface area contributed by atoms with Gasteiger partial charge < -0.3 is 29.0 Å². The zero-order chi connectivity index (χ0) is 26.6. The van der Waals surface area contributed by atoms with Crippen molar-refractivity contribution in [3.05, 3.63) is 71.8 Å². The monoisotopic (exact) mass is 518 g/mol. The van der Waals surface area contributed by atoms with Crippen molar-refractivity contribution < 1.29 is 23.4 Å². The lowest BCUT2D eigenvalue weighted by atomic mass is 9.98. The maximum Gasteiger partial charge on any atom is 0.270 e. The number of nitrogens with one attached hydrogen (secondary N) is 1. The molecule has 4 aromatic rings. The molecular formula is C29H31FN4O4. The molecule has 0 aliphatic carbocycles. The van der Waals surface area contributed by atoms with Crippen molar-refractivity contribution in [3.63, 3.8) is 0 Å². The number of amides is 1. The molecule has 38 heavy (non-hydrogen) atoms. The molecule has 0 radical (unpaired) electrons. The van der Waals surface area contributed by atoms with Crippen LogP contribution in [0.2, 0.25) is 0 Å². The van der Waals surface area contributed by atoms with Crippen LogP contribution in [0.1, 0.15) is 16.1 Å². The summed E-state index contributed by atoms with van der Waals surface area (Å²) in [5, 5.41) is 0.644. The highest BCUT2D eigenvalue weighted by Crippen LogP contribution is 2.37. The Hall–Kier alpha value is -4.11. The highest BCUT2D eigenvalue weighted by molar-refractivity contribution is 6.04. The molecule has 0 saturated carbocycles. The first-order valence-corrected chi connectivity index (χ1v) is 12.6. The van der Waals surface area contributed by atoms with Gasteiger partial charge in [-0.3, -0.25) is 4.79 Å². The first kappa shape index (κ1) is 25.5. The molecule has 2 aromatic carbocycles. The van der Waals surface area contributed by atoms with Crippen LogP contribution in [0.15, 0.2) is 54.7 Å². The van der Waals surface area contributed by atoms with Gasteiger partial charge in [-0.25, -0.2) is 9.37 Å². The minimum atomic E-state index is -0.362. The quantitative estimate of drug-likeness (QED) is 0.342. The molecule has 1 fully saturated rings. The van der Waals surface area contributed by atoms with Crippen LogP contribution in [0.3, 0.4) is 0 Å². The molecule has 5 rings (SSSR count). The molecule has 2 aromatic heterocycles. The maximum absolute atomic E-state index is 15.2. The molecule has 0 unspecified atom stereocenters. The Bertz CT molecular complexity index is 1450. The van der Waals surface area contributed by atoms with Gasteiger partial charge in [0, 0.05) is 50.4 Å². The number of aryl methyl sites for hydroxylation is 1. The van der Waals surface area contributed by atoms with Crippen LogP contribution in [0, 0.1) is 12.7 Å². The van der Waals surface area contributed by atoms with E-state index in [-0.39, 0.29) is 11.7 Å². The summed E-state index contributed by atoms with van der Waals surface area (Å²) in [6, 6.07) is 14.9. The summed E-state index contributed by atoms with van der Waals surface area (Å²) >= 11 is 0. The van der Waals surface area contributed by atoms with Crippen molar-refractivity contribution in [1.29, 1.82) is 0 Å². The number of H-pyrrole nitrogens is 1. The first-order valence-electron chi connectivity index (χ1n) is 12.6. The molecule has 1 aliphatic rings. The number of fused-ring (bicyclic) bond motifs is 1. The van der Waals surface area contributed by atoms with Crippen molar-refractivity contribution in [1.82, 2.24) is 14.9 Å². The number of methoxy groups -OCH3 is 2. The fourth-order valence-corrected chi connectivity index (χ4v) is 4.86. The maximum atomic E-state index is 15.2. The Morgan fingerprint density at radius 3 is 2.53 bits per heavy atom. The minimum Gasteiger partial charge on any atom is -0.496 e. The van der Waals surface area contributed by atoms with E-state index in [9.17, 15) is 4.79 Å². The van der Waals surface area contributed by atoms with Crippen LogP contribution in [0.5, 0.6) is 11.5 Å². The van der Waals surface area contributed by atoms with Gasteiger partial charge in [0.2, 0.25) is 0 Å². The number of benzene rings is 2. The summed E-state index contributed by atoms with van der Waals surface area (Å²) < 4.78 is 31.6. The van der Waals surface area contributed by atoms with Crippen LogP contribution in [-0.4, -0.2) is 74.4 Å². The van der Waals surface area contributed by atoms with Crippen LogP contribution in [-0.2, 0) is 4.74 Å². The highest BCUT2D eigenvalue weighted by Gasteiger charge is 2.27. The summed E-state index contributed by atoms with van der Waals surface area (Å²) in [7, 11) is 3.24. The molecule has 3 heterocycles. The van der Waals surface area contributed by atoms with E-state index in [1.54, 1.807) is 44.4 Å². The molecule has 0 bridgehead atoms. The molecular weight excluding hydrogens is 487 g/mol. The summed E-state index contributed by atoms with van der Waals surface area (Å²) in [5.41, 5.74) is 2.82. The number of halogens is 1. The van der Waals surface area contributed by atoms with Gasteiger partial charge in [-0.1, -0.05) is 18.2 Å². The van der Waals surface area contributed by atoms with Crippen LogP contribution in [0.25, 0.3) is 22.0 Å². The fourth-order valence-electron chi connectivity index (χ4n) is 4.86. The average molecular weight is 519 g/mol. The molecule has 1 saturated heterocycles. The van der Waals surface area contributed by atoms with E-state index >= 15 is 4.39 Å². The van der Waals surface area contributed by atoms with E-state index in [4.69, 9.17) is 14.2 Å². The van der Waals surface area contributed by atoms with Crippen molar-refractivity contribution in [2.24, 2.45) is 0 Å². The predicted molar refractivity (Wildman–Crippen MR) is 145 cm³/mol. The molecule has 8 nitrogen and oxygen atoms in total. The summed E-state index contributed by atoms with van der Waals surface area (Å²) in [4.78, 5) is 25.0. The number of ether oxygens (including phenoxy) is 3. The van der Waals surface area contributed by atoms with Crippen LogP contribution < -0.4 is 14.4 Å². The highest BCUT2D eigenvalue weighted by atomic mass is 19.1. The molecule has 198 valence electrons. The number of para-hydroxylation sites is 1. The number of carbonyl (C=O) groups is 1. The second-order valence-electron chi connectivity index (χ2n) is 9.17. The van der Waals surface area contributed by atoms with E-state index in [2.05, 4.69) is 14.9 Å². The molecule has 9 heteroatoms. The Balaban J connectivity index is 1.37. The summed E-state index contributed by atoms with van der Waals surface area (Å²) in [6.07, 6.45) is 1.73. The molecule has 1 aliphatic heterocycles. The number of pyridine rings is 1. The lowest BCUT2D eigenvalue weighted by molar-refractivity contribution is 0.0741. The van der Waals surface area contributed by atoms with Crippen LogP contribution >= 0.6 is 0 Å². The minimum absolute atomic E-state index is 0.165. The topological polar surface area (TPSA) is 79.9 Å². The third-order valence-corrected chi connectivity index (χ3v) is 6.82. The number of hydrogen-bond donors (Lipinski definition) is 1. The Labute approximate surface area is 220 Å². The lowest BCUT2D eigenvalue weighted by Crippen LogP contribution is -2.49. The van der Waals surface area contributed by atoms with Gasteiger partial charge in [-0.2, -0.15) is 0 Å². The number of aromatic amines is 1. The normalized spacial score (nSPS) is 13.7. The second kappa shape index (κ2) is 11.1. The van der Waals surface area contributed by atoms with Gasteiger partial charge in [-0.05, 0) is 48.4 Å². The van der Waals surface area contributed by atoms with Gasteiger partial charge in [0.25, 0.3) is 5.91 Å². The van der Waals surface area contributed by atoms with E-state index < -0.39 is 0 Å². The second-order valence-corrected chi connectivity index (χ2v) is 9.17. The number of aromatic nitrogens is 2. The summed E-state index contributed by atoms with van der Waals surface area (Å²) in [5.74, 6) is 1.60. The third kappa shape index (κ3) is 4.89. The number of rotatable bonds is 8. The van der Waals surface area contributed by atoms with Crippen LogP contribution in [0.4, 0.5) is 10.2 Å². The predicted octanol–water partition coefficient (Wildman–Crippen LogP) is 4.67. The van der Waals surface area contributed by atoms with Gasteiger partial charge in [-0.15, -0.1) is 0 Å². The molecule has 1 amide bonds. The Morgan fingerprint density at radius 2 is 1.76 bits per heavy atom. The van der Waals surface area contributed by atoms with Crippen molar-refractivity contribution >= 4 is 22.6 Å². The molecule has 0 atom stereocenters. The number of piperazine rings is 1. The zero-order valence-electron chi connectivity index (χ0n) is 21.8. The SMILES string of the molecule is COCCOc1cccnc1N1CCN(C(=O)c2cc3c(-c4ccccc4OC)cc(C)c(F)c3[nH]2)CC1. The van der Waals surface area contributed by atoms with Gasteiger partial charge in [0.15, 0.2) is 11.6 Å². The Morgan fingerprint density at radius 1 is 1.00 bits per heavy atom. The average Bonchev–Trinajstić information content (AvgIpc) is 3.41. The standard InChI is InChI=1S/C29H31FN4O4/c1-19-17-21(20-7-4-5-8-24(20)37-3)22-18-23(32-27(22)26(19)30)29(35)34-13-11-33(12-14-34)28-25(9-6-10-31-28)38-16-15-36-2/h4-10,17-18,32H,11-16H2,1-3H3. The largest absolute Gasteiger partial charge is 0.496 e. The van der Waals surface area contributed by atoms with E-state index in [1.807, 2.05) is 36.4 Å². The van der Waals surface area contributed by atoms with Gasteiger partial charge >= 0.3 is 0 Å². The fraction of sp³-hybridized carbons (Fsp3) is 0.310. The third-order valence-electron chi connectivity index (χ3n) is 6.82. The molecule has 1 N–H and O–H groups in total. The first-order chi connectivity index (χ1) is 18.5. The van der Waals surface area contributed by atoms with E-state index in [0.29, 0.717) is 73.1 Å². The van der Waals surface area contributed by atoms with E-state index in [1.165, 1.54) is 0 Å². The number of hydrogen-bond acceptors (Lipinski definition) is 6. The van der Waals surface area contributed by atoms with Gasteiger partial charge in [0.05, 0.1) is 19.2 Å².